The summed E-state index contributed by atoms with van der Waals surface area (Å²) in [6.07, 6.45) is 0. The van der Waals surface area contributed by atoms with Gasteiger partial charge in [0.15, 0.2) is 5.82 Å². The van der Waals surface area contributed by atoms with Gasteiger partial charge in [-0.25, -0.2) is 9.97 Å². The summed E-state index contributed by atoms with van der Waals surface area (Å²) in [5, 5.41) is 0. The van der Waals surface area contributed by atoms with Crippen LogP contribution in [0, 0.1) is 27.7 Å². The molecule has 0 N–H and O–H groups in total. The van der Waals surface area contributed by atoms with E-state index in [1.54, 1.807) is 0 Å². The van der Waals surface area contributed by atoms with Crippen LogP contribution >= 0.6 is 0 Å². The molecule has 2 aromatic carbocycles. The molecular formula is C27H34N2O. The van der Waals surface area contributed by atoms with Crippen molar-refractivity contribution in [3.63, 3.8) is 0 Å². The quantitative estimate of drug-likeness (QED) is 0.437. The number of ether oxygens (including phenoxy) is 1. The smallest absolute Gasteiger partial charge is 0.160 e. The molecule has 158 valence electrons. The maximum absolute atomic E-state index is 6.23. The molecular weight excluding hydrogens is 368 g/mol. The van der Waals surface area contributed by atoms with Gasteiger partial charge in [0, 0.05) is 22.5 Å². The van der Waals surface area contributed by atoms with Crippen LogP contribution in [0.5, 0.6) is 5.75 Å². The Hall–Kier alpha value is -2.68. The van der Waals surface area contributed by atoms with Gasteiger partial charge < -0.3 is 4.74 Å². The first kappa shape index (κ1) is 22.0. The molecule has 0 saturated carbocycles. The van der Waals surface area contributed by atoms with Crippen LogP contribution in [0.25, 0.3) is 11.4 Å². The fourth-order valence-corrected chi connectivity index (χ4v) is 3.82. The van der Waals surface area contributed by atoms with E-state index in [9.17, 15) is 0 Å². The Labute approximate surface area is 181 Å². The zero-order chi connectivity index (χ0) is 22.0. The van der Waals surface area contributed by atoms with Gasteiger partial charge in [-0.15, -0.1) is 0 Å². The summed E-state index contributed by atoms with van der Waals surface area (Å²) in [6.45, 7) is 17.6. The molecule has 0 aliphatic heterocycles. The minimum Gasteiger partial charge on any atom is -0.488 e. The highest BCUT2D eigenvalue weighted by atomic mass is 16.5. The molecule has 0 aliphatic carbocycles. The SMILES string of the molecule is Cc1ccc(C(C)C)cc1OCc1c(C)nc(-c2c(C)cccc2C(C)C)nc1C. The van der Waals surface area contributed by atoms with Crippen molar-refractivity contribution in [1.29, 1.82) is 0 Å². The molecule has 0 bridgehead atoms. The van der Waals surface area contributed by atoms with E-state index in [1.807, 2.05) is 0 Å². The number of benzene rings is 2. The minimum atomic E-state index is 0.420. The van der Waals surface area contributed by atoms with E-state index in [-0.39, 0.29) is 0 Å². The average Bonchev–Trinajstić information content (AvgIpc) is 2.67. The largest absolute Gasteiger partial charge is 0.488 e. The van der Waals surface area contributed by atoms with Crippen LogP contribution in [0.1, 0.15) is 78.7 Å². The van der Waals surface area contributed by atoms with E-state index < -0.39 is 0 Å². The first-order chi connectivity index (χ1) is 14.2. The summed E-state index contributed by atoms with van der Waals surface area (Å²) in [6, 6.07) is 12.9. The predicted octanol–water partition coefficient (Wildman–Crippen LogP) is 7.20. The van der Waals surface area contributed by atoms with Crippen molar-refractivity contribution in [2.45, 2.75) is 73.8 Å². The van der Waals surface area contributed by atoms with Crippen LogP contribution < -0.4 is 4.74 Å². The number of hydrogen-bond donors (Lipinski definition) is 0. The monoisotopic (exact) mass is 402 g/mol. The predicted molar refractivity (Wildman–Crippen MR) is 125 cm³/mol. The van der Waals surface area contributed by atoms with Crippen LogP contribution in [0.3, 0.4) is 0 Å². The second-order valence-electron chi connectivity index (χ2n) is 8.86. The standard InChI is InChI=1S/C27H34N2O/c1-16(2)22-13-12-18(5)25(14-22)30-15-24-20(7)28-27(29-21(24)8)26-19(6)10-9-11-23(26)17(3)4/h9-14,16-17H,15H2,1-8H3. The maximum atomic E-state index is 6.23. The second kappa shape index (κ2) is 8.99. The van der Waals surface area contributed by atoms with Crippen molar-refractivity contribution >= 4 is 0 Å². The van der Waals surface area contributed by atoms with Crippen molar-refractivity contribution in [2.24, 2.45) is 0 Å². The summed E-state index contributed by atoms with van der Waals surface area (Å²) < 4.78 is 6.23. The average molecular weight is 403 g/mol. The number of nitrogens with zero attached hydrogens (tertiary/aromatic N) is 2. The summed E-state index contributed by atoms with van der Waals surface area (Å²) in [7, 11) is 0. The fraction of sp³-hybridized carbons (Fsp3) is 0.407. The molecule has 0 atom stereocenters. The molecule has 0 saturated heterocycles. The molecule has 0 radical (unpaired) electrons. The van der Waals surface area contributed by atoms with E-state index in [2.05, 4.69) is 91.8 Å². The van der Waals surface area contributed by atoms with Crippen molar-refractivity contribution in [1.82, 2.24) is 9.97 Å². The summed E-state index contributed by atoms with van der Waals surface area (Å²) in [4.78, 5) is 9.79. The van der Waals surface area contributed by atoms with Crippen LogP contribution in [-0.4, -0.2) is 9.97 Å². The third-order valence-corrected chi connectivity index (χ3v) is 5.82. The lowest BCUT2D eigenvalue weighted by Gasteiger charge is -2.18. The first-order valence-corrected chi connectivity index (χ1v) is 10.9. The molecule has 0 fully saturated rings. The van der Waals surface area contributed by atoms with E-state index in [0.717, 1.165) is 39.7 Å². The third-order valence-electron chi connectivity index (χ3n) is 5.82. The Balaban J connectivity index is 1.93. The molecule has 3 heteroatoms. The van der Waals surface area contributed by atoms with Crippen molar-refractivity contribution < 1.29 is 4.74 Å². The molecule has 0 amide bonds. The topological polar surface area (TPSA) is 35.0 Å². The van der Waals surface area contributed by atoms with Gasteiger partial charge in [-0.3, -0.25) is 0 Å². The Bertz CT molecular complexity index is 1030. The van der Waals surface area contributed by atoms with Gasteiger partial charge in [-0.1, -0.05) is 58.0 Å². The first-order valence-electron chi connectivity index (χ1n) is 10.9. The molecule has 0 aliphatic rings. The molecule has 3 rings (SSSR count). The number of rotatable bonds is 6. The van der Waals surface area contributed by atoms with Gasteiger partial charge in [-0.05, 0) is 67.9 Å². The molecule has 1 heterocycles. The molecule has 30 heavy (non-hydrogen) atoms. The number of hydrogen-bond acceptors (Lipinski definition) is 3. The molecule has 0 spiro atoms. The highest BCUT2D eigenvalue weighted by Gasteiger charge is 2.17. The van der Waals surface area contributed by atoms with Gasteiger partial charge in [-0.2, -0.15) is 0 Å². The van der Waals surface area contributed by atoms with E-state index in [0.29, 0.717) is 18.4 Å². The molecule has 3 aromatic rings. The molecule has 0 unspecified atom stereocenters. The fourth-order valence-electron chi connectivity index (χ4n) is 3.82. The summed E-state index contributed by atoms with van der Waals surface area (Å²) in [5.41, 5.74) is 9.12. The van der Waals surface area contributed by atoms with E-state index >= 15 is 0 Å². The van der Waals surface area contributed by atoms with Crippen LogP contribution in [0.2, 0.25) is 0 Å². The second-order valence-corrected chi connectivity index (χ2v) is 8.86. The summed E-state index contributed by atoms with van der Waals surface area (Å²) >= 11 is 0. The highest BCUT2D eigenvalue weighted by molar-refractivity contribution is 5.66. The van der Waals surface area contributed by atoms with E-state index in [4.69, 9.17) is 14.7 Å². The molecule has 3 nitrogen and oxygen atoms in total. The lowest BCUT2D eigenvalue weighted by Crippen LogP contribution is -2.08. The lowest BCUT2D eigenvalue weighted by atomic mass is 9.93. The Morgan fingerprint density at radius 2 is 1.47 bits per heavy atom. The normalized spacial score (nSPS) is 11.4. The highest BCUT2D eigenvalue weighted by Crippen LogP contribution is 2.31. The minimum absolute atomic E-state index is 0.420. The van der Waals surface area contributed by atoms with Gasteiger partial charge in [0.05, 0.1) is 0 Å². The Morgan fingerprint density at radius 3 is 2.07 bits per heavy atom. The summed E-state index contributed by atoms with van der Waals surface area (Å²) in [5.74, 6) is 2.64. The van der Waals surface area contributed by atoms with Gasteiger partial charge in [0.2, 0.25) is 0 Å². The van der Waals surface area contributed by atoms with Gasteiger partial charge >= 0.3 is 0 Å². The maximum Gasteiger partial charge on any atom is 0.160 e. The van der Waals surface area contributed by atoms with Crippen molar-refractivity contribution in [2.75, 3.05) is 0 Å². The zero-order valence-electron chi connectivity index (χ0n) is 19.6. The van der Waals surface area contributed by atoms with Crippen molar-refractivity contribution in [3.05, 3.63) is 75.6 Å². The van der Waals surface area contributed by atoms with Crippen LogP contribution in [0.4, 0.5) is 0 Å². The third kappa shape index (κ3) is 4.56. The Morgan fingerprint density at radius 1 is 0.800 bits per heavy atom. The Kier molecular flexibility index (Phi) is 6.60. The van der Waals surface area contributed by atoms with Crippen LogP contribution in [-0.2, 0) is 6.61 Å². The van der Waals surface area contributed by atoms with Gasteiger partial charge in [0.1, 0.15) is 12.4 Å². The number of aromatic nitrogens is 2. The van der Waals surface area contributed by atoms with Crippen LogP contribution in [0.15, 0.2) is 36.4 Å². The van der Waals surface area contributed by atoms with Crippen molar-refractivity contribution in [3.8, 4) is 17.1 Å². The zero-order valence-corrected chi connectivity index (χ0v) is 19.6. The number of aryl methyl sites for hydroxylation is 4. The van der Waals surface area contributed by atoms with E-state index in [1.165, 1.54) is 16.7 Å². The molecule has 1 aromatic heterocycles. The van der Waals surface area contributed by atoms with Gasteiger partial charge in [0.25, 0.3) is 0 Å². The lowest BCUT2D eigenvalue weighted by molar-refractivity contribution is 0.301.